The summed E-state index contributed by atoms with van der Waals surface area (Å²) in [6.07, 6.45) is 5.50. The van der Waals surface area contributed by atoms with Gasteiger partial charge in [0, 0.05) is 50.6 Å². The highest BCUT2D eigenvalue weighted by molar-refractivity contribution is 5.89. The summed E-state index contributed by atoms with van der Waals surface area (Å²) in [5, 5.41) is 0. The minimum Gasteiger partial charge on any atom is -0.489 e. The van der Waals surface area contributed by atoms with E-state index < -0.39 is 0 Å². The Hall–Kier alpha value is -2.11. The molecule has 25 heavy (non-hydrogen) atoms. The van der Waals surface area contributed by atoms with E-state index in [1.165, 1.54) is 0 Å². The second kappa shape index (κ2) is 7.02. The van der Waals surface area contributed by atoms with Gasteiger partial charge in [-0.05, 0) is 32.9 Å². The summed E-state index contributed by atoms with van der Waals surface area (Å²) in [6, 6.07) is 3.75. The number of aromatic nitrogens is 1. The first-order valence-electron chi connectivity index (χ1n) is 9.00. The van der Waals surface area contributed by atoms with Crippen molar-refractivity contribution in [3.63, 3.8) is 0 Å². The van der Waals surface area contributed by atoms with Crippen LogP contribution in [0.2, 0.25) is 0 Å². The molecular weight excluding hydrogens is 318 g/mol. The molecule has 1 aromatic heterocycles. The second-order valence-electron chi connectivity index (χ2n) is 7.91. The van der Waals surface area contributed by atoms with Crippen molar-refractivity contribution in [1.29, 1.82) is 0 Å². The van der Waals surface area contributed by atoms with Crippen LogP contribution >= 0.6 is 0 Å². The van der Waals surface area contributed by atoms with Crippen LogP contribution in [0.5, 0.6) is 5.75 Å². The molecule has 2 aliphatic heterocycles. The van der Waals surface area contributed by atoms with Crippen molar-refractivity contribution in [1.82, 2.24) is 14.8 Å². The van der Waals surface area contributed by atoms with E-state index in [9.17, 15) is 9.59 Å². The van der Waals surface area contributed by atoms with Gasteiger partial charge in [-0.3, -0.25) is 14.6 Å². The maximum absolute atomic E-state index is 12.8. The lowest BCUT2D eigenvalue weighted by molar-refractivity contribution is -0.137. The molecule has 0 spiro atoms. The number of pyridine rings is 1. The van der Waals surface area contributed by atoms with E-state index >= 15 is 0 Å². The van der Waals surface area contributed by atoms with Crippen molar-refractivity contribution in [3.05, 3.63) is 24.5 Å². The Morgan fingerprint density at radius 3 is 2.56 bits per heavy atom. The topological polar surface area (TPSA) is 62.7 Å². The predicted molar refractivity (Wildman–Crippen MR) is 94.0 cm³/mol. The van der Waals surface area contributed by atoms with Gasteiger partial charge in [0.2, 0.25) is 11.8 Å². The number of rotatable bonds is 3. The Morgan fingerprint density at radius 1 is 1.28 bits per heavy atom. The molecule has 6 heteroatoms. The van der Waals surface area contributed by atoms with Crippen LogP contribution in [0.1, 0.15) is 40.0 Å². The maximum atomic E-state index is 12.8. The third-order valence-corrected chi connectivity index (χ3v) is 4.97. The van der Waals surface area contributed by atoms with Crippen LogP contribution in [0.4, 0.5) is 0 Å². The number of carbonyl (C=O) groups excluding carboxylic acids is 2. The van der Waals surface area contributed by atoms with Crippen LogP contribution in [0.25, 0.3) is 0 Å². The van der Waals surface area contributed by atoms with Gasteiger partial charge in [-0.1, -0.05) is 0 Å². The molecule has 6 nitrogen and oxygen atoms in total. The van der Waals surface area contributed by atoms with Gasteiger partial charge in [0.15, 0.2) is 0 Å². The fourth-order valence-electron chi connectivity index (χ4n) is 3.58. The minimum absolute atomic E-state index is 0.0839. The molecule has 2 aliphatic rings. The van der Waals surface area contributed by atoms with Gasteiger partial charge < -0.3 is 14.5 Å². The summed E-state index contributed by atoms with van der Waals surface area (Å²) in [5.74, 6) is 0.762. The van der Waals surface area contributed by atoms with Crippen LogP contribution < -0.4 is 4.74 Å². The fourth-order valence-corrected chi connectivity index (χ4v) is 3.58. The Bertz CT molecular complexity index is 619. The zero-order valence-electron chi connectivity index (χ0n) is 15.3. The molecule has 3 heterocycles. The summed E-state index contributed by atoms with van der Waals surface area (Å²) in [7, 11) is 0. The first-order valence-corrected chi connectivity index (χ1v) is 9.00. The van der Waals surface area contributed by atoms with Gasteiger partial charge in [0.05, 0.1) is 12.1 Å². The number of hydrogen-bond donors (Lipinski definition) is 0. The van der Waals surface area contributed by atoms with Crippen molar-refractivity contribution < 1.29 is 14.3 Å². The first kappa shape index (κ1) is 17.7. The number of piperidine rings is 1. The summed E-state index contributed by atoms with van der Waals surface area (Å²) in [5.41, 5.74) is -0.226. The van der Waals surface area contributed by atoms with Crippen molar-refractivity contribution in [3.8, 4) is 5.75 Å². The Labute approximate surface area is 149 Å². The van der Waals surface area contributed by atoms with Crippen LogP contribution in [-0.4, -0.2) is 57.9 Å². The highest BCUT2D eigenvalue weighted by Gasteiger charge is 2.41. The maximum Gasteiger partial charge on any atom is 0.227 e. The Balaban J connectivity index is 1.51. The molecule has 2 fully saturated rings. The quantitative estimate of drug-likeness (QED) is 0.842. The molecule has 0 bridgehead atoms. The zero-order valence-corrected chi connectivity index (χ0v) is 15.3. The minimum atomic E-state index is -0.226. The smallest absolute Gasteiger partial charge is 0.227 e. The van der Waals surface area contributed by atoms with Crippen LogP contribution in [0, 0.1) is 5.92 Å². The van der Waals surface area contributed by atoms with Crippen molar-refractivity contribution in [2.75, 3.05) is 19.6 Å². The first-order chi connectivity index (χ1) is 11.8. The number of ether oxygens (including phenoxy) is 1. The van der Waals surface area contributed by atoms with Crippen molar-refractivity contribution in [2.45, 2.75) is 51.7 Å². The number of amides is 2. The van der Waals surface area contributed by atoms with Crippen LogP contribution in [0.3, 0.4) is 0 Å². The number of carbonyl (C=O) groups is 2. The van der Waals surface area contributed by atoms with Gasteiger partial charge in [-0.15, -0.1) is 0 Å². The average molecular weight is 345 g/mol. The highest BCUT2D eigenvalue weighted by atomic mass is 16.5. The van der Waals surface area contributed by atoms with E-state index in [1.807, 2.05) is 42.7 Å². The molecule has 1 aromatic rings. The second-order valence-corrected chi connectivity index (χ2v) is 7.91. The highest BCUT2D eigenvalue weighted by Crippen LogP contribution is 2.28. The van der Waals surface area contributed by atoms with Gasteiger partial charge in [-0.2, -0.15) is 0 Å². The molecule has 0 aromatic carbocycles. The lowest BCUT2D eigenvalue weighted by Gasteiger charge is -2.34. The van der Waals surface area contributed by atoms with E-state index in [4.69, 9.17) is 4.74 Å². The average Bonchev–Trinajstić information content (AvgIpc) is 2.98. The molecule has 0 radical (unpaired) electrons. The molecule has 2 amide bonds. The Morgan fingerprint density at radius 2 is 2.00 bits per heavy atom. The Kier molecular flexibility index (Phi) is 4.97. The molecule has 0 aliphatic carbocycles. The number of hydrogen-bond acceptors (Lipinski definition) is 4. The molecule has 0 saturated carbocycles. The van der Waals surface area contributed by atoms with E-state index in [0.29, 0.717) is 26.1 Å². The van der Waals surface area contributed by atoms with Crippen LogP contribution in [0.15, 0.2) is 24.5 Å². The summed E-state index contributed by atoms with van der Waals surface area (Å²) < 4.78 is 5.92. The zero-order chi connectivity index (χ0) is 18.0. The standard InChI is InChI=1S/C19H27N3O3/c1-19(2,3)22-13-14(11-17(22)23)18(24)21-9-6-15(7-10-21)25-16-5-4-8-20-12-16/h4-5,8,12,14-15H,6-7,9-11,13H2,1-3H3/t14-/m0/s1. The van der Waals surface area contributed by atoms with Gasteiger partial charge in [-0.25, -0.2) is 0 Å². The van der Waals surface area contributed by atoms with Gasteiger partial charge >= 0.3 is 0 Å². The summed E-state index contributed by atoms with van der Waals surface area (Å²) in [6.45, 7) is 7.94. The summed E-state index contributed by atoms with van der Waals surface area (Å²) in [4.78, 5) is 32.8. The van der Waals surface area contributed by atoms with E-state index in [-0.39, 0.29) is 29.4 Å². The van der Waals surface area contributed by atoms with E-state index in [2.05, 4.69) is 4.98 Å². The summed E-state index contributed by atoms with van der Waals surface area (Å²) >= 11 is 0. The molecule has 3 rings (SSSR count). The molecule has 136 valence electrons. The lowest BCUT2D eigenvalue weighted by Crippen LogP contribution is -2.46. The number of likely N-dealkylation sites (tertiary alicyclic amines) is 2. The lowest BCUT2D eigenvalue weighted by atomic mass is 10.0. The van der Waals surface area contributed by atoms with Crippen LogP contribution in [-0.2, 0) is 9.59 Å². The number of nitrogens with zero attached hydrogens (tertiary/aromatic N) is 3. The predicted octanol–water partition coefficient (Wildman–Crippen LogP) is 2.10. The van der Waals surface area contributed by atoms with E-state index in [1.54, 1.807) is 12.4 Å². The largest absolute Gasteiger partial charge is 0.489 e. The SMILES string of the molecule is CC(C)(C)N1C[C@@H](C(=O)N2CCC(Oc3cccnc3)CC2)CC1=O. The fraction of sp³-hybridized carbons (Fsp3) is 0.632. The molecule has 2 saturated heterocycles. The molecule has 1 atom stereocenters. The molecular formula is C19H27N3O3. The molecule has 0 N–H and O–H groups in total. The van der Waals surface area contributed by atoms with Gasteiger partial charge in [0.1, 0.15) is 11.9 Å². The monoisotopic (exact) mass is 345 g/mol. The normalized spacial score (nSPS) is 22.4. The van der Waals surface area contributed by atoms with Crippen molar-refractivity contribution >= 4 is 11.8 Å². The third-order valence-electron chi connectivity index (χ3n) is 4.97. The molecule has 0 unspecified atom stereocenters. The van der Waals surface area contributed by atoms with E-state index in [0.717, 1.165) is 18.6 Å². The van der Waals surface area contributed by atoms with Gasteiger partial charge in [0.25, 0.3) is 0 Å². The van der Waals surface area contributed by atoms with Crippen molar-refractivity contribution in [2.24, 2.45) is 5.92 Å². The third kappa shape index (κ3) is 4.11.